The minimum atomic E-state index is -0.214. The number of rotatable bonds is 7. The third-order valence-electron chi connectivity index (χ3n) is 3.25. The lowest BCUT2D eigenvalue weighted by atomic mass is 10.3. The Kier molecular flexibility index (Phi) is 5.91. The quantitative estimate of drug-likeness (QED) is 0.843. The third-order valence-corrected chi connectivity index (χ3v) is 4.11. The molecule has 8 heteroatoms. The molecule has 0 fully saturated rings. The minimum Gasteiger partial charge on any atom is -0.383 e. The molecule has 2 heterocycles. The van der Waals surface area contributed by atoms with E-state index in [4.69, 9.17) is 4.74 Å². The fourth-order valence-corrected chi connectivity index (χ4v) is 2.79. The first kappa shape index (κ1) is 16.4. The maximum absolute atomic E-state index is 12.5. The molecular weight excluding hydrogens is 302 g/mol. The SMILES string of the molecule is COCCN(Cc1cccs1)C(=O)N[C@@H](C)c1nncn1C. The Morgan fingerprint density at radius 3 is 3.00 bits per heavy atom. The predicted octanol–water partition coefficient (Wildman–Crippen LogP) is 1.80. The fraction of sp³-hybridized carbons (Fsp3) is 0.500. The van der Waals surface area contributed by atoms with Crippen molar-refractivity contribution >= 4 is 17.4 Å². The molecule has 0 unspecified atom stereocenters. The molecule has 1 N–H and O–H groups in total. The first-order chi connectivity index (χ1) is 10.6. The topological polar surface area (TPSA) is 72.3 Å². The molecule has 0 bridgehead atoms. The normalized spacial score (nSPS) is 12.1. The summed E-state index contributed by atoms with van der Waals surface area (Å²) in [6.07, 6.45) is 1.62. The van der Waals surface area contributed by atoms with Gasteiger partial charge in [-0.3, -0.25) is 0 Å². The monoisotopic (exact) mass is 323 g/mol. The first-order valence-corrected chi connectivity index (χ1v) is 7.90. The zero-order valence-electron chi connectivity index (χ0n) is 13.0. The van der Waals surface area contributed by atoms with Gasteiger partial charge in [-0.25, -0.2) is 4.79 Å². The standard InChI is InChI=1S/C14H21N5O2S/c1-11(13-17-15-10-18(13)2)16-14(20)19(6-7-21-3)9-12-5-4-8-22-12/h4-5,8,10-11H,6-7,9H2,1-3H3,(H,16,20)/t11-/m0/s1. The highest BCUT2D eigenvalue weighted by atomic mass is 32.1. The molecule has 0 spiro atoms. The van der Waals surface area contributed by atoms with Crippen molar-refractivity contribution in [1.82, 2.24) is 25.0 Å². The van der Waals surface area contributed by atoms with E-state index in [9.17, 15) is 4.79 Å². The van der Waals surface area contributed by atoms with Gasteiger partial charge in [0.15, 0.2) is 5.82 Å². The molecule has 2 amide bonds. The van der Waals surface area contributed by atoms with Crippen molar-refractivity contribution < 1.29 is 9.53 Å². The average Bonchev–Trinajstić information content (AvgIpc) is 3.14. The van der Waals surface area contributed by atoms with Crippen molar-refractivity contribution in [3.63, 3.8) is 0 Å². The van der Waals surface area contributed by atoms with Crippen molar-refractivity contribution in [2.45, 2.75) is 19.5 Å². The summed E-state index contributed by atoms with van der Waals surface area (Å²) >= 11 is 1.63. The number of carbonyl (C=O) groups is 1. The average molecular weight is 323 g/mol. The van der Waals surface area contributed by atoms with Crippen LogP contribution in [0, 0.1) is 0 Å². The molecule has 0 aliphatic heterocycles. The highest BCUT2D eigenvalue weighted by Gasteiger charge is 2.19. The third kappa shape index (κ3) is 4.28. The molecule has 0 saturated carbocycles. The van der Waals surface area contributed by atoms with Crippen LogP contribution in [-0.4, -0.2) is 46.0 Å². The molecule has 0 aromatic carbocycles. The molecular formula is C14H21N5O2S. The van der Waals surface area contributed by atoms with Gasteiger partial charge in [-0.15, -0.1) is 21.5 Å². The van der Waals surface area contributed by atoms with E-state index >= 15 is 0 Å². The number of ether oxygens (including phenoxy) is 1. The molecule has 2 aromatic rings. The van der Waals surface area contributed by atoms with Gasteiger partial charge in [0, 0.05) is 25.6 Å². The lowest BCUT2D eigenvalue weighted by Gasteiger charge is -2.24. The summed E-state index contributed by atoms with van der Waals surface area (Å²) < 4.78 is 6.89. The summed E-state index contributed by atoms with van der Waals surface area (Å²) in [5.41, 5.74) is 0. The number of nitrogens with zero attached hydrogens (tertiary/aromatic N) is 4. The Morgan fingerprint density at radius 2 is 2.41 bits per heavy atom. The number of hydrogen-bond acceptors (Lipinski definition) is 5. The summed E-state index contributed by atoms with van der Waals surface area (Å²) in [4.78, 5) is 15.4. The second-order valence-electron chi connectivity index (χ2n) is 4.96. The van der Waals surface area contributed by atoms with Crippen molar-refractivity contribution in [3.05, 3.63) is 34.5 Å². The summed E-state index contributed by atoms with van der Waals surface area (Å²) in [5, 5.41) is 12.8. The zero-order valence-corrected chi connectivity index (χ0v) is 13.8. The van der Waals surface area contributed by atoms with Crippen molar-refractivity contribution in [1.29, 1.82) is 0 Å². The summed E-state index contributed by atoms with van der Waals surface area (Å²) in [6.45, 7) is 3.49. The Hall–Kier alpha value is -1.93. The van der Waals surface area contributed by atoms with E-state index in [1.54, 1.807) is 34.2 Å². The van der Waals surface area contributed by atoms with Gasteiger partial charge in [0.1, 0.15) is 6.33 Å². The van der Waals surface area contributed by atoms with Gasteiger partial charge in [-0.1, -0.05) is 6.07 Å². The van der Waals surface area contributed by atoms with Crippen LogP contribution >= 0.6 is 11.3 Å². The van der Waals surface area contributed by atoms with Crippen LogP contribution in [0.2, 0.25) is 0 Å². The molecule has 0 aliphatic rings. The van der Waals surface area contributed by atoms with Crippen LogP contribution in [0.15, 0.2) is 23.8 Å². The number of aryl methyl sites for hydroxylation is 1. The van der Waals surface area contributed by atoms with E-state index in [0.29, 0.717) is 19.7 Å². The van der Waals surface area contributed by atoms with Crippen molar-refractivity contribution in [2.75, 3.05) is 20.3 Å². The molecule has 7 nitrogen and oxygen atoms in total. The maximum atomic E-state index is 12.5. The minimum absolute atomic E-state index is 0.138. The maximum Gasteiger partial charge on any atom is 0.318 e. The van der Waals surface area contributed by atoms with E-state index in [2.05, 4.69) is 15.5 Å². The molecule has 120 valence electrons. The summed E-state index contributed by atoms with van der Waals surface area (Å²) in [6, 6.07) is 3.65. The lowest BCUT2D eigenvalue weighted by molar-refractivity contribution is 0.145. The Bertz CT molecular complexity index is 584. The molecule has 2 rings (SSSR count). The summed E-state index contributed by atoms with van der Waals surface area (Å²) in [5.74, 6) is 0.719. The van der Waals surface area contributed by atoms with Gasteiger partial charge in [0.2, 0.25) is 0 Å². The van der Waals surface area contributed by atoms with E-state index in [1.807, 2.05) is 31.5 Å². The van der Waals surface area contributed by atoms with Crippen LogP contribution in [0.3, 0.4) is 0 Å². The zero-order chi connectivity index (χ0) is 15.9. The molecule has 0 saturated heterocycles. The molecule has 22 heavy (non-hydrogen) atoms. The molecule has 2 aromatic heterocycles. The van der Waals surface area contributed by atoms with Gasteiger partial charge < -0.3 is 19.5 Å². The second kappa shape index (κ2) is 7.90. The van der Waals surface area contributed by atoms with Gasteiger partial charge in [0.05, 0.1) is 19.2 Å². The highest BCUT2D eigenvalue weighted by molar-refractivity contribution is 7.09. The van der Waals surface area contributed by atoms with Crippen molar-refractivity contribution in [2.24, 2.45) is 7.05 Å². The number of carbonyl (C=O) groups excluding carboxylic acids is 1. The highest BCUT2D eigenvalue weighted by Crippen LogP contribution is 2.13. The number of urea groups is 1. The number of amides is 2. The Balaban J connectivity index is 2.00. The van der Waals surface area contributed by atoms with Crippen LogP contribution in [0.25, 0.3) is 0 Å². The molecule has 1 atom stereocenters. The van der Waals surface area contributed by atoms with Crippen LogP contribution in [0.4, 0.5) is 4.79 Å². The van der Waals surface area contributed by atoms with Gasteiger partial charge in [-0.05, 0) is 18.4 Å². The van der Waals surface area contributed by atoms with E-state index in [0.717, 1.165) is 10.7 Å². The number of hydrogen-bond donors (Lipinski definition) is 1. The van der Waals surface area contributed by atoms with E-state index in [1.165, 1.54) is 0 Å². The summed E-state index contributed by atoms with van der Waals surface area (Å²) in [7, 11) is 3.48. The van der Waals surface area contributed by atoms with Crippen LogP contribution in [0.5, 0.6) is 0 Å². The molecule has 0 radical (unpaired) electrons. The number of methoxy groups -OCH3 is 1. The number of thiophene rings is 1. The number of nitrogens with one attached hydrogen (secondary N) is 1. The van der Waals surface area contributed by atoms with E-state index in [-0.39, 0.29) is 12.1 Å². The Labute approximate surface area is 133 Å². The van der Waals surface area contributed by atoms with Crippen LogP contribution in [-0.2, 0) is 18.3 Å². The smallest absolute Gasteiger partial charge is 0.318 e. The Morgan fingerprint density at radius 1 is 1.59 bits per heavy atom. The van der Waals surface area contributed by atoms with Crippen LogP contribution < -0.4 is 5.32 Å². The van der Waals surface area contributed by atoms with Crippen LogP contribution in [0.1, 0.15) is 23.7 Å². The molecule has 0 aliphatic carbocycles. The largest absolute Gasteiger partial charge is 0.383 e. The number of aromatic nitrogens is 3. The predicted molar refractivity (Wildman–Crippen MR) is 84.6 cm³/mol. The van der Waals surface area contributed by atoms with Gasteiger partial charge >= 0.3 is 6.03 Å². The fourth-order valence-electron chi connectivity index (χ4n) is 2.07. The lowest BCUT2D eigenvalue weighted by Crippen LogP contribution is -2.42. The van der Waals surface area contributed by atoms with E-state index < -0.39 is 0 Å². The second-order valence-corrected chi connectivity index (χ2v) is 6.00. The van der Waals surface area contributed by atoms with Gasteiger partial charge in [-0.2, -0.15) is 0 Å². The van der Waals surface area contributed by atoms with Gasteiger partial charge in [0.25, 0.3) is 0 Å². The van der Waals surface area contributed by atoms with Crippen molar-refractivity contribution in [3.8, 4) is 0 Å². The first-order valence-electron chi connectivity index (χ1n) is 7.02.